The van der Waals surface area contributed by atoms with Crippen molar-refractivity contribution in [2.45, 2.75) is 18.6 Å². The number of nitrogens with one attached hydrogen (secondary N) is 3. The smallest absolute Gasteiger partial charge is 0.148 e. The van der Waals surface area contributed by atoms with Gasteiger partial charge in [-0.05, 0) is 30.2 Å². The van der Waals surface area contributed by atoms with Gasteiger partial charge < -0.3 is 30.0 Å². The van der Waals surface area contributed by atoms with Crippen LogP contribution in [0.1, 0.15) is 12.0 Å². The summed E-state index contributed by atoms with van der Waals surface area (Å²) in [6.07, 6.45) is 2.72. The second-order valence-corrected chi connectivity index (χ2v) is 9.48. The number of nitriles is 1. The van der Waals surface area contributed by atoms with E-state index in [4.69, 9.17) is 19.4 Å². The fraction of sp³-hybridized carbons (Fsp3) is 0.321. The molecule has 10 heteroatoms. The topological polar surface area (TPSA) is 111 Å². The third-order valence-corrected chi connectivity index (χ3v) is 7.28. The molecule has 0 aliphatic carbocycles. The summed E-state index contributed by atoms with van der Waals surface area (Å²) in [5, 5.41) is 16.3. The normalized spacial score (nSPS) is 19.2. The van der Waals surface area contributed by atoms with E-state index in [1.807, 2.05) is 13.1 Å². The summed E-state index contributed by atoms with van der Waals surface area (Å²) < 4.78 is 26.1. The number of halogens is 1. The van der Waals surface area contributed by atoms with Crippen molar-refractivity contribution in [1.29, 1.82) is 5.26 Å². The Morgan fingerprint density at radius 3 is 2.97 bits per heavy atom. The van der Waals surface area contributed by atoms with Crippen molar-refractivity contribution in [2.24, 2.45) is 0 Å². The molecule has 4 heterocycles. The van der Waals surface area contributed by atoms with Crippen molar-refractivity contribution in [3.05, 3.63) is 54.0 Å². The molecule has 2 aromatic heterocycles. The summed E-state index contributed by atoms with van der Waals surface area (Å²) in [5.74, 6) is 1.39. The Labute approximate surface area is 219 Å². The van der Waals surface area contributed by atoms with E-state index in [9.17, 15) is 9.65 Å². The van der Waals surface area contributed by atoms with Crippen LogP contribution >= 0.6 is 0 Å². The van der Waals surface area contributed by atoms with Gasteiger partial charge in [0.15, 0.2) is 0 Å². The lowest BCUT2D eigenvalue weighted by atomic mass is 9.95. The molecule has 2 unspecified atom stereocenters. The van der Waals surface area contributed by atoms with Gasteiger partial charge in [0.05, 0.1) is 48.2 Å². The molecule has 2 aliphatic rings. The molecule has 0 bridgehead atoms. The second kappa shape index (κ2) is 9.93. The number of ether oxygens (including phenoxy) is 2. The number of methoxy groups -OCH3 is 1. The lowest BCUT2D eigenvalue weighted by Gasteiger charge is -2.43. The molecule has 9 nitrogen and oxygen atoms in total. The van der Waals surface area contributed by atoms with E-state index in [1.165, 1.54) is 12.1 Å². The number of aromatic amines is 1. The van der Waals surface area contributed by atoms with E-state index < -0.39 is 0 Å². The Morgan fingerprint density at radius 2 is 2.18 bits per heavy atom. The van der Waals surface area contributed by atoms with E-state index >= 15 is 0 Å². The first-order valence-corrected chi connectivity index (χ1v) is 12.6. The van der Waals surface area contributed by atoms with Crippen LogP contribution in [-0.2, 0) is 4.74 Å². The number of morpholine rings is 1. The van der Waals surface area contributed by atoms with E-state index in [2.05, 4.69) is 26.6 Å². The predicted octanol–water partition coefficient (Wildman–Crippen LogP) is 3.92. The Morgan fingerprint density at radius 1 is 1.29 bits per heavy atom. The van der Waals surface area contributed by atoms with Crippen LogP contribution < -0.4 is 20.3 Å². The van der Waals surface area contributed by atoms with Crippen LogP contribution in [0.3, 0.4) is 0 Å². The fourth-order valence-corrected chi connectivity index (χ4v) is 5.51. The largest absolute Gasteiger partial charge is 0.494 e. The molecule has 0 amide bonds. The number of H-pyrrole nitrogens is 1. The van der Waals surface area contributed by atoms with Crippen molar-refractivity contribution in [2.75, 3.05) is 50.6 Å². The highest BCUT2D eigenvalue weighted by molar-refractivity contribution is 5.97. The highest BCUT2D eigenvalue weighted by atomic mass is 19.1. The molecule has 2 aromatic carbocycles. The number of pyridine rings is 1. The number of rotatable bonds is 5. The molecular formula is C28H28FN7O2. The van der Waals surface area contributed by atoms with Gasteiger partial charge in [-0.25, -0.2) is 14.4 Å². The highest BCUT2D eigenvalue weighted by Crippen LogP contribution is 2.44. The summed E-state index contributed by atoms with van der Waals surface area (Å²) in [6.45, 7) is 2.97. The Bertz CT molecular complexity index is 1550. The summed E-state index contributed by atoms with van der Waals surface area (Å²) >= 11 is 0. The predicted molar refractivity (Wildman–Crippen MR) is 144 cm³/mol. The Balaban J connectivity index is 1.58. The maximum absolute atomic E-state index is 14.4. The molecule has 194 valence electrons. The van der Waals surface area contributed by atoms with Crippen LogP contribution in [0.25, 0.3) is 33.5 Å². The van der Waals surface area contributed by atoms with Gasteiger partial charge in [0.2, 0.25) is 0 Å². The first kappa shape index (κ1) is 24.2. The number of imidazole rings is 1. The number of piperidine rings is 1. The van der Waals surface area contributed by atoms with Crippen molar-refractivity contribution >= 4 is 22.5 Å². The second-order valence-electron chi connectivity index (χ2n) is 9.48. The van der Waals surface area contributed by atoms with Crippen molar-refractivity contribution in [3.8, 4) is 34.3 Å². The van der Waals surface area contributed by atoms with Crippen molar-refractivity contribution < 1.29 is 13.9 Å². The first-order valence-electron chi connectivity index (χ1n) is 12.6. The van der Waals surface area contributed by atoms with Gasteiger partial charge in [0, 0.05) is 50.6 Å². The zero-order valence-corrected chi connectivity index (χ0v) is 21.2. The van der Waals surface area contributed by atoms with Crippen LogP contribution in [0.4, 0.5) is 15.9 Å². The molecule has 2 saturated heterocycles. The van der Waals surface area contributed by atoms with Crippen molar-refractivity contribution in [3.63, 3.8) is 0 Å². The zero-order valence-electron chi connectivity index (χ0n) is 21.2. The van der Waals surface area contributed by atoms with E-state index in [1.54, 1.807) is 31.5 Å². The molecule has 38 heavy (non-hydrogen) atoms. The quantitative estimate of drug-likeness (QED) is 0.368. The number of anilines is 2. The third-order valence-electron chi connectivity index (χ3n) is 7.28. The third kappa shape index (κ3) is 4.20. The number of hydrogen-bond donors (Lipinski definition) is 3. The van der Waals surface area contributed by atoms with E-state index in [-0.39, 0.29) is 11.9 Å². The lowest BCUT2D eigenvalue weighted by Crippen LogP contribution is -2.58. The van der Waals surface area contributed by atoms with Crippen LogP contribution in [0, 0.1) is 17.1 Å². The SMILES string of the molecule is CNc1ncc(-c2cccc(F)c2)c(N2CCC3NCCOC3C2)c1-c1nc2c(OC)cc(C#N)cc2[nH]1. The minimum atomic E-state index is -0.316. The molecule has 2 atom stereocenters. The maximum Gasteiger partial charge on any atom is 0.148 e. The standard InChI is InChI=1S/C28H28FN7O2/c1-31-27-24(28-34-21-10-16(13-30)11-22(37-2)25(21)35-28)26(19(14-33-27)17-4-3-5-18(29)12-17)36-8-6-20-23(15-36)38-9-7-32-20/h3-5,10-12,14,20,23,32H,6-9,15H2,1-2H3,(H,31,33)(H,34,35). The summed E-state index contributed by atoms with van der Waals surface area (Å²) in [4.78, 5) is 15.3. The molecule has 2 fully saturated rings. The fourth-order valence-electron chi connectivity index (χ4n) is 5.51. The van der Waals surface area contributed by atoms with E-state index in [0.717, 1.165) is 41.9 Å². The minimum absolute atomic E-state index is 0.0332. The first-order chi connectivity index (χ1) is 18.6. The number of aromatic nitrogens is 3. The number of hydrogen-bond acceptors (Lipinski definition) is 8. The van der Waals surface area contributed by atoms with Gasteiger partial charge in [0.1, 0.15) is 28.7 Å². The lowest BCUT2D eigenvalue weighted by molar-refractivity contribution is -0.00899. The average molecular weight is 514 g/mol. The molecule has 6 rings (SSSR count). The van der Waals surface area contributed by atoms with Gasteiger partial charge in [-0.3, -0.25) is 0 Å². The Hall–Kier alpha value is -4.20. The molecule has 4 aromatic rings. The molecule has 3 N–H and O–H groups in total. The zero-order chi connectivity index (χ0) is 26.2. The molecule has 0 radical (unpaired) electrons. The monoisotopic (exact) mass is 513 g/mol. The van der Waals surface area contributed by atoms with Crippen LogP contribution in [0.5, 0.6) is 5.75 Å². The summed E-state index contributed by atoms with van der Waals surface area (Å²) in [6, 6.07) is 12.5. The number of benzene rings is 2. The number of fused-ring (bicyclic) bond motifs is 2. The maximum atomic E-state index is 14.4. The van der Waals surface area contributed by atoms with E-state index in [0.29, 0.717) is 53.2 Å². The summed E-state index contributed by atoms with van der Waals surface area (Å²) in [7, 11) is 3.37. The highest BCUT2D eigenvalue weighted by Gasteiger charge is 2.35. The number of nitrogens with zero attached hydrogens (tertiary/aromatic N) is 4. The van der Waals surface area contributed by atoms with Crippen LogP contribution in [0.15, 0.2) is 42.6 Å². The van der Waals surface area contributed by atoms with Gasteiger partial charge in [-0.15, -0.1) is 0 Å². The van der Waals surface area contributed by atoms with Crippen LogP contribution in [-0.4, -0.2) is 67.5 Å². The van der Waals surface area contributed by atoms with Gasteiger partial charge in [0.25, 0.3) is 0 Å². The average Bonchev–Trinajstić information content (AvgIpc) is 3.39. The van der Waals surface area contributed by atoms with Crippen molar-refractivity contribution in [1.82, 2.24) is 20.3 Å². The van der Waals surface area contributed by atoms with Crippen LogP contribution in [0.2, 0.25) is 0 Å². The molecule has 2 aliphatic heterocycles. The van der Waals surface area contributed by atoms with Gasteiger partial charge >= 0.3 is 0 Å². The summed E-state index contributed by atoms with van der Waals surface area (Å²) in [5.41, 5.74) is 4.93. The minimum Gasteiger partial charge on any atom is -0.494 e. The molecule has 0 spiro atoms. The molecule has 0 saturated carbocycles. The van der Waals surface area contributed by atoms with Gasteiger partial charge in [-0.1, -0.05) is 12.1 Å². The van der Waals surface area contributed by atoms with Gasteiger partial charge in [-0.2, -0.15) is 5.26 Å². The molecular weight excluding hydrogens is 485 g/mol. The Kier molecular flexibility index (Phi) is 6.31.